The number of carbonyl (C=O) groups excluding carboxylic acids is 1. The van der Waals surface area contributed by atoms with E-state index in [9.17, 15) is 9.59 Å². The van der Waals surface area contributed by atoms with Gasteiger partial charge in [-0.05, 0) is 42.4 Å². The van der Waals surface area contributed by atoms with Crippen molar-refractivity contribution in [1.82, 2.24) is 5.32 Å². The van der Waals surface area contributed by atoms with Crippen LogP contribution in [0.1, 0.15) is 25.3 Å². The first kappa shape index (κ1) is 17.6. The molecule has 22 heavy (non-hydrogen) atoms. The normalized spacial score (nSPS) is 10.3. The predicted octanol–water partition coefficient (Wildman–Crippen LogP) is 2.41. The standard InChI is InChI=1S/C15H18N2O4S/c1-3-4-13(18)17-15(22)16-11-9-10(6-8-14(19)20)5-7-12(11)21-2/h5-9H,3-4H2,1-2H3,(H,19,20)(H2,16,17,18,22)/b8-6+. The van der Waals surface area contributed by atoms with Crippen molar-refractivity contribution in [3.8, 4) is 5.75 Å². The molecule has 0 saturated heterocycles. The molecule has 1 rings (SSSR count). The van der Waals surface area contributed by atoms with Crippen molar-refractivity contribution in [2.75, 3.05) is 12.4 Å². The lowest BCUT2D eigenvalue weighted by molar-refractivity contribution is -0.131. The highest BCUT2D eigenvalue weighted by molar-refractivity contribution is 7.80. The minimum Gasteiger partial charge on any atom is -0.495 e. The first-order valence-electron chi connectivity index (χ1n) is 6.66. The number of rotatable bonds is 6. The van der Waals surface area contributed by atoms with Gasteiger partial charge in [-0.1, -0.05) is 13.0 Å². The third-order valence-corrected chi connectivity index (χ3v) is 2.82. The van der Waals surface area contributed by atoms with Crippen molar-refractivity contribution in [1.29, 1.82) is 0 Å². The lowest BCUT2D eigenvalue weighted by Gasteiger charge is -2.13. The Hall–Kier alpha value is -2.41. The molecule has 0 spiro atoms. The summed E-state index contributed by atoms with van der Waals surface area (Å²) in [6.45, 7) is 1.90. The number of thiocarbonyl (C=S) groups is 1. The molecule has 0 bridgehead atoms. The molecule has 7 heteroatoms. The van der Waals surface area contributed by atoms with E-state index in [2.05, 4.69) is 10.6 Å². The Morgan fingerprint density at radius 1 is 1.41 bits per heavy atom. The van der Waals surface area contributed by atoms with E-state index in [0.717, 1.165) is 12.5 Å². The summed E-state index contributed by atoms with van der Waals surface area (Å²) in [4.78, 5) is 22.0. The Labute approximate surface area is 134 Å². The molecule has 3 N–H and O–H groups in total. The van der Waals surface area contributed by atoms with Crippen molar-refractivity contribution in [3.63, 3.8) is 0 Å². The van der Waals surface area contributed by atoms with Crippen LogP contribution in [-0.2, 0) is 9.59 Å². The summed E-state index contributed by atoms with van der Waals surface area (Å²) in [6.07, 6.45) is 3.60. The molecule has 1 aromatic rings. The average Bonchev–Trinajstić information content (AvgIpc) is 2.45. The molecular weight excluding hydrogens is 304 g/mol. The van der Waals surface area contributed by atoms with Crippen LogP contribution < -0.4 is 15.4 Å². The molecule has 0 unspecified atom stereocenters. The molecule has 0 aromatic heterocycles. The van der Waals surface area contributed by atoms with Crippen molar-refractivity contribution in [3.05, 3.63) is 29.8 Å². The Balaban J connectivity index is 2.87. The molecule has 0 heterocycles. The SMILES string of the molecule is CCCC(=O)NC(=S)Nc1cc(/C=C/C(=O)O)ccc1OC. The minimum absolute atomic E-state index is 0.163. The third-order valence-electron chi connectivity index (χ3n) is 2.62. The van der Waals surface area contributed by atoms with Crippen LogP contribution in [0.2, 0.25) is 0 Å². The number of ether oxygens (including phenoxy) is 1. The second kappa shape index (κ2) is 8.78. The lowest BCUT2D eigenvalue weighted by atomic mass is 10.1. The van der Waals surface area contributed by atoms with Crippen LogP contribution >= 0.6 is 12.2 Å². The Bertz CT molecular complexity index is 599. The number of carboxylic acid groups (broad SMARTS) is 1. The molecule has 0 aliphatic rings. The number of aliphatic carboxylic acids is 1. The van der Waals surface area contributed by atoms with Gasteiger partial charge in [-0.2, -0.15) is 0 Å². The van der Waals surface area contributed by atoms with Crippen molar-refractivity contribution < 1.29 is 19.4 Å². The second-order valence-electron chi connectivity index (χ2n) is 4.38. The summed E-state index contributed by atoms with van der Waals surface area (Å²) >= 11 is 5.07. The summed E-state index contributed by atoms with van der Waals surface area (Å²) in [5.41, 5.74) is 1.20. The lowest BCUT2D eigenvalue weighted by Crippen LogP contribution is -2.33. The van der Waals surface area contributed by atoms with E-state index < -0.39 is 5.97 Å². The smallest absolute Gasteiger partial charge is 0.328 e. The number of amides is 1. The highest BCUT2D eigenvalue weighted by Gasteiger charge is 2.08. The number of anilines is 1. The summed E-state index contributed by atoms with van der Waals surface area (Å²) in [5, 5.41) is 14.2. The van der Waals surface area contributed by atoms with Crippen LogP contribution in [0.4, 0.5) is 5.69 Å². The number of carboxylic acids is 1. The van der Waals surface area contributed by atoms with Gasteiger partial charge in [-0.25, -0.2) is 4.79 Å². The monoisotopic (exact) mass is 322 g/mol. The third kappa shape index (κ3) is 5.92. The molecular formula is C15H18N2O4S. The predicted molar refractivity (Wildman–Crippen MR) is 88.9 cm³/mol. The molecule has 118 valence electrons. The van der Waals surface area contributed by atoms with Gasteiger partial charge in [-0.3, -0.25) is 4.79 Å². The van der Waals surface area contributed by atoms with Gasteiger partial charge < -0.3 is 20.5 Å². The molecule has 6 nitrogen and oxygen atoms in total. The van der Waals surface area contributed by atoms with Crippen molar-refractivity contribution >= 4 is 41.0 Å². The molecule has 0 atom stereocenters. The second-order valence-corrected chi connectivity index (χ2v) is 4.79. The van der Waals surface area contributed by atoms with Crippen LogP contribution in [-0.4, -0.2) is 29.2 Å². The van der Waals surface area contributed by atoms with Gasteiger partial charge in [0.15, 0.2) is 5.11 Å². The van der Waals surface area contributed by atoms with E-state index in [1.54, 1.807) is 18.2 Å². The maximum absolute atomic E-state index is 11.5. The van der Waals surface area contributed by atoms with Crippen molar-refractivity contribution in [2.24, 2.45) is 0 Å². The van der Waals surface area contributed by atoms with Crippen LogP contribution in [0.3, 0.4) is 0 Å². The minimum atomic E-state index is -1.03. The average molecular weight is 322 g/mol. The molecule has 0 saturated carbocycles. The van der Waals surface area contributed by atoms with Crippen molar-refractivity contribution in [2.45, 2.75) is 19.8 Å². The number of nitrogens with one attached hydrogen (secondary N) is 2. The maximum atomic E-state index is 11.5. The van der Waals surface area contributed by atoms with E-state index in [0.29, 0.717) is 23.4 Å². The summed E-state index contributed by atoms with van der Waals surface area (Å²) < 4.78 is 5.20. The van der Waals surface area contributed by atoms with Crippen LogP contribution in [0.5, 0.6) is 5.75 Å². The summed E-state index contributed by atoms with van der Waals surface area (Å²) in [6, 6.07) is 5.07. The fourth-order valence-corrected chi connectivity index (χ4v) is 1.89. The molecule has 0 aliphatic heterocycles. The molecule has 1 aromatic carbocycles. The van der Waals surface area contributed by atoms with Crippen LogP contribution in [0.25, 0.3) is 6.08 Å². The van der Waals surface area contributed by atoms with Gasteiger partial charge in [0.05, 0.1) is 12.8 Å². The van der Waals surface area contributed by atoms with Gasteiger partial charge >= 0.3 is 5.97 Å². The van der Waals surface area contributed by atoms with E-state index >= 15 is 0 Å². The highest BCUT2D eigenvalue weighted by Crippen LogP contribution is 2.26. The summed E-state index contributed by atoms with van der Waals surface area (Å²) in [5.74, 6) is -0.673. The first-order valence-corrected chi connectivity index (χ1v) is 7.07. The molecule has 0 fully saturated rings. The number of methoxy groups -OCH3 is 1. The first-order chi connectivity index (χ1) is 10.5. The summed E-state index contributed by atoms with van der Waals surface area (Å²) in [7, 11) is 1.51. The Morgan fingerprint density at radius 3 is 2.73 bits per heavy atom. The fraction of sp³-hybridized carbons (Fsp3) is 0.267. The number of hydrogen-bond donors (Lipinski definition) is 3. The Morgan fingerprint density at radius 2 is 2.14 bits per heavy atom. The van der Waals surface area contributed by atoms with Gasteiger partial charge in [0.1, 0.15) is 5.75 Å². The zero-order valence-electron chi connectivity index (χ0n) is 12.4. The zero-order chi connectivity index (χ0) is 16.5. The van der Waals surface area contributed by atoms with Crippen LogP contribution in [0, 0.1) is 0 Å². The molecule has 1 amide bonds. The quantitative estimate of drug-likeness (QED) is 0.551. The van der Waals surface area contributed by atoms with Gasteiger partial charge in [0.25, 0.3) is 0 Å². The number of carbonyl (C=O) groups is 2. The van der Waals surface area contributed by atoms with E-state index in [1.165, 1.54) is 13.2 Å². The van der Waals surface area contributed by atoms with E-state index in [1.807, 2.05) is 6.92 Å². The Kier molecular flexibility index (Phi) is 7.04. The number of hydrogen-bond acceptors (Lipinski definition) is 4. The maximum Gasteiger partial charge on any atom is 0.328 e. The fourth-order valence-electron chi connectivity index (χ4n) is 1.66. The van der Waals surface area contributed by atoms with Crippen LogP contribution in [0.15, 0.2) is 24.3 Å². The largest absolute Gasteiger partial charge is 0.495 e. The van der Waals surface area contributed by atoms with Gasteiger partial charge in [-0.15, -0.1) is 0 Å². The van der Waals surface area contributed by atoms with E-state index in [4.69, 9.17) is 22.1 Å². The topological polar surface area (TPSA) is 87.7 Å². The van der Waals surface area contributed by atoms with E-state index in [-0.39, 0.29) is 11.0 Å². The number of benzene rings is 1. The highest BCUT2D eigenvalue weighted by atomic mass is 32.1. The van der Waals surface area contributed by atoms with Gasteiger partial charge in [0.2, 0.25) is 5.91 Å². The molecule has 0 aliphatic carbocycles. The molecule has 0 radical (unpaired) electrons. The van der Waals surface area contributed by atoms with Gasteiger partial charge in [0, 0.05) is 12.5 Å². The zero-order valence-corrected chi connectivity index (χ0v) is 13.2.